The number of para-hydroxylation sites is 1. The summed E-state index contributed by atoms with van der Waals surface area (Å²) in [5.74, 6) is 1.74. The number of hydrogen-bond donors (Lipinski definition) is 1. The Balaban J connectivity index is 1.99. The lowest BCUT2D eigenvalue weighted by atomic mass is 9.88. The van der Waals surface area contributed by atoms with E-state index < -0.39 is 5.54 Å². The third-order valence-electron chi connectivity index (χ3n) is 5.29. The van der Waals surface area contributed by atoms with Crippen molar-refractivity contribution in [3.05, 3.63) is 66.8 Å². The third-order valence-corrected chi connectivity index (χ3v) is 5.29. The van der Waals surface area contributed by atoms with Crippen LogP contribution in [0.5, 0.6) is 0 Å². The Kier molecular flexibility index (Phi) is 6.57. The van der Waals surface area contributed by atoms with Crippen LogP contribution in [0.2, 0.25) is 0 Å². The second-order valence-electron chi connectivity index (χ2n) is 7.63. The number of hydrogen-bond acceptors (Lipinski definition) is 4. The molecule has 2 N–H and O–H groups in total. The van der Waals surface area contributed by atoms with Crippen LogP contribution in [-0.4, -0.2) is 26.0 Å². The van der Waals surface area contributed by atoms with E-state index in [1.54, 1.807) is 0 Å². The van der Waals surface area contributed by atoms with E-state index in [0.29, 0.717) is 25.8 Å². The van der Waals surface area contributed by atoms with Crippen molar-refractivity contribution in [2.24, 2.45) is 10.7 Å². The van der Waals surface area contributed by atoms with Gasteiger partial charge < -0.3 is 5.73 Å². The first-order valence-corrected chi connectivity index (χ1v) is 10.2. The van der Waals surface area contributed by atoms with Crippen molar-refractivity contribution in [2.75, 3.05) is 0 Å². The van der Waals surface area contributed by atoms with Gasteiger partial charge in [-0.3, -0.25) is 9.56 Å². The molecule has 1 aromatic heterocycles. The largest absolute Gasteiger partial charge is 0.324 e. The molecule has 0 atom stereocenters. The molecule has 0 saturated heterocycles. The molecule has 2 aromatic rings. The molecule has 0 saturated carbocycles. The van der Waals surface area contributed by atoms with Crippen molar-refractivity contribution in [1.82, 2.24) is 14.8 Å². The lowest BCUT2D eigenvalue weighted by Crippen LogP contribution is -2.42. The highest BCUT2D eigenvalue weighted by Crippen LogP contribution is 2.27. The minimum Gasteiger partial charge on any atom is -0.324 e. The molecule has 1 aromatic carbocycles. The summed E-state index contributed by atoms with van der Waals surface area (Å²) in [5, 5.41) is 8.93. The fourth-order valence-electron chi connectivity index (χ4n) is 3.89. The Morgan fingerprint density at radius 2 is 1.89 bits per heavy atom. The van der Waals surface area contributed by atoms with Gasteiger partial charge in [0.2, 0.25) is 0 Å². The van der Waals surface area contributed by atoms with Crippen LogP contribution in [0.3, 0.4) is 0 Å². The Morgan fingerprint density at radius 3 is 2.61 bits per heavy atom. The number of aromatic nitrogens is 3. The minimum absolute atomic E-state index is 0.459. The molecule has 1 aliphatic heterocycles. The van der Waals surface area contributed by atoms with E-state index in [0.717, 1.165) is 35.9 Å². The molecule has 0 unspecified atom stereocenters. The standard InChI is InChI=1S/C23H31N5/c1-4-7-8-12-19-18-11-9-10-13-20(18)28-21(26-27-22(28)17-25-19)16-23(24,14-5-2)15-6-3/h5-6,9-11,13H,2-4,7-8,12,14-17,24H2,1H3. The zero-order valence-electron chi connectivity index (χ0n) is 16.9. The number of unbranched alkanes of at least 4 members (excludes halogenated alkanes) is 2. The van der Waals surface area contributed by atoms with Crippen molar-refractivity contribution in [3.8, 4) is 5.69 Å². The normalized spacial score (nSPS) is 13.3. The van der Waals surface area contributed by atoms with E-state index in [4.69, 9.17) is 10.7 Å². The number of nitrogens with two attached hydrogens (primary N) is 1. The first kappa shape index (κ1) is 20.2. The van der Waals surface area contributed by atoms with Gasteiger partial charge in [-0.25, -0.2) is 0 Å². The predicted molar refractivity (Wildman–Crippen MR) is 116 cm³/mol. The summed E-state index contributed by atoms with van der Waals surface area (Å²) >= 11 is 0. The molecule has 2 heterocycles. The molecule has 0 aliphatic carbocycles. The van der Waals surface area contributed by atoms with Gasteiger partial charge in [0.25, 0.3) is 0 Å². The molecule has 5 nitrogen and oxygen atoms in total. The molecular formula is C23H31N5. The van der Waals surface area contributed by atoms with Crippen molar-refractivity contribution >= 4 is 5.71 Å². The molecule has 0 bridgehead atoms. The molecule has 0 amide bonds. The molecule has 148 valence electrons. The van der Waals surface area contributed by atoms with Crippen LogP contribution < -0.4 is 5.73 Å². The summed E-state index contributed by atoms with van der Waals surface area (Å²) in [6.45, 7) is 10.5. The van der Waals surface area contributed by atoms with Gasteiger partial charge >= 0.3 is 0 Å². The summed E-state index contributed by atoms with van der Waals surface area (Å²) in [6.07, 6.45) is 10.3. The lowest BCUT2D eigenvalue weighted by Gasteiger charge is -2.27. The van der Waals surface area contributed by atoms with E-state index >= 15 is 0 Å². The molecule has 3 rings (SSSR count). The summed E-state index contributed by atoms with van der Waals surface area (Å²) < 4.78 is 2.15. The first-order chi connectivity index (χ1) is 13.6. The first-order valence-electron chi connectivity index (χ1n) is 10.2. The van der Waals surface area contributed by atoms with Gasteiger partial charge in [-0.2, -0.15) is 0 Å². The Hall–Kier alpha value is -2.53. The van der Waals surface area contributed by atoms with E-state index in [9.17, 15) is 0 Å². The third kappa shape index (κ3) is 4.30. The monoisotopic (exact) mass is 377 g/mol. The summed E-state index contributed by atoms with van der Waals surface area (Å²) in [7, 11) is 0. The lowest BCUT2D eigenvalue weighted by molar-refractivity contribution is 0.419. The van der Waals surface area contributed by atoms with E-state index in [1.165, 1.54) is 18.4 Å². The van der Waals surface area contributed by atoms with E-state index in [2.05, 4.69) is 59.1 Å². The molecular weight excluding hydrogens is 346 g/mol. The molecule has 0 radical (unpaired) electrons. The van der Waals surface area contributed by atoms with E-state index in [-0.39, 0.29) is 0 Å². The molecule has 5 heteroatoms. The highest BCUT2D eigenvalue weighted by atomic mass is 15.3. The van der Waals surface area contributed by atoms with Crippen LogP contribution in [0, 0.1) is 0 Å². The molecule has 28 heavy (non-hydrogen) atoms. The minimum atomic E-state index is -0.459. The van der Waals surface area contributed by atoms with Crippen LogP contribution in [0.4, 0.5) is 0 Å². The van der Waals surface area contributed by atoms with Crippen LogP contribution in [0.1, 0.15) is 62.7 Å². The second kappa shape index (κ2) is 9.11. The summed E-state index contributed by atoms with van der Waals surface area (Å²) in [6, 6.07) is 8.42. The second-order valence-corrected chi connectivity index (χ2v) is 7.63. The molecule has 0 spiro atoms. The number of rotatable bonds is 10. The van der Waals surface area contributed by atoms with Crippen molar-refractivity contribution in [1.29, 1.82) is 0 Å². The van der Waals surface area contributed by atoms with E-state index in [1.807, 2.05) is 12.2 Å². The number of nitrogens with zero attached hydrogens (tertiary/aromatic N) is 4. The Bertz CT molecular complexity index is 852. The SMILES string of the molecule is C=CCC(N)(CC=C)Cc1nnc2n1-c1ccccc1C(CCCCC)=NC2. The van der Waals surface area contributed by atoms with Gasteiger partial charge in [0, 0.05) is 23.2 Å². The van der Waals surface area contributed by atoms with Crippen LogP contribution in [-0.2, 0) is 13.0 Å². The average molecular weight is 378 g/mol. The van der Waals surface area contributed by atoms with Crippen molar-refractivity contribution < 1.29 is 0 Å². The van der Waals surface area contributed by atoms with Gasteiger partial charge in [-0.15, -0.1) is 23.4 Å². The van der Waals surface area contributed by atoms with Gasteiger partial charge in [0.05, 0.1) is 12.2 Å². The topological polar surface area (TPSA) is 69.1 Å². The zero-order valence-corrected chi connectivity index (χ0v) is 16.9. The number of aliphatic imine (C=N–C) groups is 1. The van der Waals surface area contributed by atoms with Gasteiger partial charge in [0.15, 0.2) is 5.82 Å². The number of fused-ring (bicyclic) bond motifs is 3. The van der Waals surface area contributed by atoms with Gasteiger partial charge in [0.1, 0.15) is 5.82 Å². The quantitative estimate of drug-likeness (QED) is 0.488. The smallest absolute Gasteiger partial charge is 0.159 e. The van der Waals surface area contributed by atoms with Crippen LogP contribution in [0.15, 0.2) is 54.6 Å². The maximum absolute atomic E-state index is 6.66. The maximum atomic E-state index is 6.66. The van der Waals surface area contributed by atoms with Crippen LogP contribution >= 0.6 is 0 Å². The Labute approximate surface area is 168 Å². The number of benzene rings is 1. The maximum Gasteiger partial charge on any atom is 0.159 e. The molecule has 0 fully saturated rings. The zero-order chi connectivity index (χ0) is 20.0. The van der Waals surface area contributed by atoms with Gasteiger partial charge in [-0.1, -0.05) is 50.1 Å². The average Bonchev–Trinajstić information content (AvgIpc) is 2.99. The fourth-order valence-corrected chi connectivity index (χ4v) is 3.89. The van der Waals surface area contributed by atoms with Gasteiger partial charge in [-0.05, 0) is 31.7 Å². The highest BCUT2D eigenvalue weighted by Gasteiger charge is 2.28. The predicted octanol–water partition coefficient (Wildman–Crippen LogP) is 4.54. The Morgan fingerprint density at radius 1 is 1.14 bits per heavy atom. The molecule has 1 aliphatic rings. The fraction of sp³-hybridized carbons (Fsp3) is 0.435. The highest BCUT2D eigenvalue weighted by molar-refractivity contribution is 6.03. The van der Waals surface area contributed by atoms with Crippen LogP contribution in [0.25, 0.3) is 5.69 Å². The van der Waals surface area contributed by atoms with Crippen molar-refractivity contribution in [2.45, 2.75) is 64.0 Å². The summed E-state index contributed by atoms with van der Waals surface area (Å²) in [5.41, 5.74) is 9.64. The summed E-state index contributed by atoms with van der Waals surface area (Å²) in [4.78, 5) is 4.89. The van der Waals surface area contributed by atoms with Crippen molar-refractivity contribution in [3.63, 3.8) is 0 Å².